The van der Waals surface area contributed by atoms with Crippen LogP contribution in [0.15, 0.2) is 34.3 Å². The van der Waals surface area contributed by atoms with Crippen LogP contribution in [0.1, 0.15) is 63.4 Å². The van der Waals surface area contributed by atoms with Gasteiger partial charge in [0, 0.05) is 12.3 Å². The molecule has 1 aromatic carbocycles. The van der Waals surface area contributed by atoms with E-state index in [4.69, 9.17) is 0 Å². The van der Waals surface area contributed by atoms with E-state index in [1.807, 2.05) is 13.1 Å². The Morgan fingerprint density at radius 3 is 2.32 bits per heavy atom. The summed E-state index contributed by atoms with van der Waals surface area (Å²) in [5, 5.41) is 6.23. The third-order valence-corrected chi connectivity index (χ3v) is 8.05. The molecule has 0 unspecified atom stereocenters. The van der Waals surface area contributed by atoms with Crippen LogP contribution in [-0.4, -0.2) is 37.6 Å². The molecule has 3 aliphatic rings. The van der Waals surface area contributed by atoms with Gasteiger partial charge < -0.3 is 0 Å². The van der Waals surface area contributed by atoms with Crippen LogP contribution in [0.3, 0.4) is 0 Å². The van der Waals surface area contributed by atoms with Gasteiger partial charge in [-0.3, -0.25) is 4.79 Å². The molecule has 4 rings (SSSR count). The van der Waals surface area contributed by atoms with E-state index in [1.54, 1.807) is 29.3 Å². The molecule has 0 aromatic heterocycles. The van der Waals surface area contributed by atoms with Gasteiger partial charge in [-0.15, -0.1) is 0 Å². The summed E-state index contributed by atoms with van der Waals surface area (Å²) in [7, 11) is -3.53. The Labute approximate surface area is 167 Å². The number of nitrogens with one attached hydrogen (secondary N) is 1. The van der Waals surface area contributed by atoms with Crippen LogP contribution in [0.4, 0.5) is 0 Å². The number of carbonyl (C=O) groups excluding carboxylic acids is 1. The molecule has 1 N–H and O–H groups in total. The average Bonchev–Trinajstić information content (AvgIpc) is 3.01. The van der Waals surface area contributed by atoms with Crippen molar-refractivity contribution in [2.75, 3.05) is 0 Å². The van der Waals surface area contributed by atoms with Gasteiger partial charge in [0.1, 0.15) is 0 Å². The van der Waals surface area contributed by atoms with Crippen LogP contribution in [-0.2, 0) is 14.8 Å². The monoisotopic (exact) mass is 403 g/mol. The zero-order valence-electron chi connectivity index (χ0n) is 16.4. The molecule has 152 valence electrons. The molecule has 0 atom stereocenters. The Morgan fingerprint density at radius 1 is 1.04 bits per heavy atom. The molecule has 0 bridgehead atoms. The number of hydrogen-bond donors (Lipinski definition) is 1. The lowest BCUT2D eigenvalue weighted by Gasteiger charge is -2.36. The Morgan fingerprint density at radius 2 is 1.68 bits per heavy atom. The lowest BCUT2D eigenvalue weighted by Crippen LogP contribution is -2.47. The minimum atomic E-state index is -3.53. The minimum absolute atomic E-state index is 0.124. The fourth-order valence-electron chi connectivity index (χ4n) is 4.69. The highest BCUT2D eigenvalue weighted by atomic mass is 32.2. The number of benzene rings is 1. The van der Waals surface area contributed by atoms with Crippen molar-refractivity contribution in [1.82, 2.24) is 9.73 Å². The topological polar surface area (TPSA) is 78.8 Å². The molecule has 2 fully saturated rings. The molecule has 1 heterocycles. The normalized spacial score (nSPS) is 29.0. The highest BCUT2D eigenvalue weighted by Gasteiger charge is 2.48. The van der Waals surface area contributed by atoms with E-state index in [9.17, 15) is 13.2 Å². The van der Waals surface area contributed by atoms with Crippen molar-refractivity contribution in [3.63, 3.8) is 0 Å². The summed E-state index contributed by atoms with van der Waals surface area (Å²) in [6, 6.07) is 6.99. The molecule has 1 aromatic rings. The van der Waals surface area contributed by atoms with E-state index in [2.05, 4.69) is 9.82 Å². The first-order chi connectivity index (χ1) is 13.4. The number of aryl methyl sites for hydroxylation is 1. The van der Waals surface area contributed by atoms with Crippen LogP contribution in [0.25, 0.3) is 0 Å². The number of hydrogen-bond acceptors (Lipinski definition) is 4. The maximum Gasteiger partial charge on any atom is 0.254 e. The first kappa shape index (κ1) is 19.6. The number of rotatable bonds is 4. The summed E-state index contributed by atoms with van der Waals surface area (Å²) < 4.78 is 28.1. The van der Waals surface area contributed by atoms with E-state index in [-0.39, 0.29) is 18.0 Å². The predicted octanol–water partition coefficient (Wildman–Crippen LogP) is 3.36. The van der Waals surface area contributed by atoms with E-state index >= 15 is 0 Å². The van der Waals surface area contributed by atoms with Crippen LogP contribution >= 0.6 is 0 Å². The zero-order chi connectivity index (χ0) is 19.8. The predicted molar refractivity (Wildman–Crippen MR) is 108 cm³/mol. The molecular weight excluding hydrogens is 374 g/mol. The second-order valence-corrected chi connectivity index (χ2v) is 10.3. The summed E-state index contributed by atoms with van der Waals surface area (Å²) in [4.78, 5) is 13.4. The first-order valence-electron chi connectivity index (χ1n) is 10.4. The van der Waals surface area contributed by atoms with Gasteiger partial charge in [-0.05, 0) is 57.6 Å². The van der Waals surface area contributed by atoms with Gasteiger partial charge in [0.15, 0.2) is 0 Å². The number of sulfonamides is 1. The molecule has 0 saturated heterocycles. The molecule has 1 spiro atoms. The molecule has 6 nitrogen and oxygen atoms in total. The Hall–Kier alpha value is -1.73. The average molecular weight is 404 g/mol. The summed E-state index contributed by atoms with van der Waals surface area (Å²) in [6.07, 6.45) is 10.1. The standard InChI is InChI=1S/C21H29N3O3S/c1-16-7-9-19(10-8-16)28(26,27)23-17-11-13-21(14-12-17)15-22-24(20(21)25)18-5-3-2-4-6-18/h7-10,15,17-18,23H,2-6,11-14H2,1H3. The third kappa shape index (κ3) is 3.74. The minimum Gasteiger partial charge on any atom is -0.272 e. The van der Waals surface area contributed by atoms with Crippen LogP contribution in [0.5, 0.6) is 0 Å². The van der Waals surface area contributed by atoms with Crippen molar-refractivity contribution >= 4 is 22.1 Å². The number of carbonyl (C=O) groups is 1. The Bertz CT molecular complexity index is 849. The maximum atomic E-state index is 13.1. The van der Waals surface area contributed by atoms with Gasteiger partial charge >= 0.3 is 0 Å². The van der Waals surface area contributed by atoms with Crippen LogP contribution < -0.4 is 4.72 Å². The summed E-state index contributed by atoms with van der Waals surface area (Å²) >= 11 is 0. The fourth-order valence-corrected chi connectivity index (χ4v) is 6.00. The highest BCUT2D eigenvalue weighted by molar-refractivity contribution is 7.89. The molecule has 7 heteroatoms. The molecule has 2 saturated carbocycles. The summed E-state index contributed by atoms with van der Waals surface area (Å²) in [6.45, 7) is 1.93. The van der Waals surface area contributed by atoms with Crippen molar-refractivity contribution in [2.24, 2.45) is 10.5 Å². The summed E-state index contributed by atoms with van der Waals surface area (Å²) in [5.74, 6) is 0.124. The molecule has 1 aliphatic heterocycles. The van der Waals surface area contributed by atoms with Gasteiger partial charge in [-0.1, -0.05) is 37.0 Å². The molecular formula is C21H29N3O3S. The number of nitrogens with zero attached hydrogens (tertiary/aromatic N) is 2. The van der Waals surface area contributed by atoms with Gasteiger partial charge in [-0.25, -0.2) is 18.1 Å². The fraction of sp³-hybridized carbons (Fsp3) is 0.619. The molecule has 2 aliphatic carbocycles. The Balaban J connectivity index is 1.37. The zero-order valence-corrected chi connectivity index (χ0v) is 17.2. The largest absolute Gasteiger partial charge is 0.272 e. The quantitative estimate of drug-likeness (QED) is 0.837. The van der Waals surface area contributed by atoms with Gasteiger partial charge in [-0.2, -0.15) is 5.10 Å². The van der Waals surface area contributed by atoms with Crippen molar-refractivity contribution in [3.8, 4) is 0 Å². The molecule has 28 heavy (non-hydrogen) atoms. The SMILES string of the molecule is Cc1ccc(S(=O)(=O)NC2CCC3(C=NN(C4CCCCC4)C3=O)CC2)cc1. The lowest BCUT2D eigenvalue weighted by molar-refractivity contribution is -0.140. The van der Waals surface area contributed by atoms with E-state index < -0.39 is 15.4 Å². The summed E-state index contributed by atoms with van der Waals surface area (Å²) in [5.41, 5.74) is 0.503. The maximum absolute atomic E-state index is 13.1. The van der Waals surface area contributed by atoms with Crippen molar-refractivity contribution in [2.45, 2.75) is 81.7 Å². The van der Waals surface area contributed by atoms with E-state index in [1.165, 1.54) is 19.3 Å². The number of hydrazone groups is 1. The smallest absolute Gasteiger partial charge is 0.254 e. The van der Waals surface area contributed by atoms with E-state index in [0.29, 0.717) is 30.6 Å². The van der Waals surface area contributed by atoms with Gasteiger partial charge in [0.25, 0.3) is 5.91 Å². The van der Waals surface area contributed by atoms with Gasteiger partial charge in [0.2, 0.25) is 10.0 Å². The second kappa shape index (κ2) is 7.59. The third-order valence-electron chi connectivity index (χ3n) is 6.51. The van der Waals surface area contributed by atoms with Crippen molar-refractivity contribution in [3.05, 3.63) is 29.8 Å². The number of amides is 1. The first-order valence-corrected chi connectivity index (χ1v) is 11.9. The van der Waals surface area contributed by atoms with Crippen molar-refractivity contribution < 1.29 is 13.2 Å². The van der Waals surface area contributed by atoms with E-state index in [0.717, 1.165) is 18.4 Å². The van der Waals surface area contributed by atoms with Crippen LogP contribution in [0.2, 0.25) is 0 Å². The molecule has 1 amide bonds. The second-order valence-electron chi connectivity index (χ2n) is 8.55. The van der Waals surface area contributed by atoms with Crippen molar-refractivity contribution in [1.29, 1.82) is 0 Å². The van der Waals surface area contributed by atoms with Gasteiger partial charge in [0.05, 0.1) is 16.4 Å². The van der Waals surface area contributed by atoms with Crippen LogP contribution in [0, 0.1) is 12.3 Å². The molecule has 0 radical (unpaired) electrons. The lowest BCUT2D eigenvalue weighted by atomic mass is 9.73. The Kier molecular flexibility index (Phi) is 5.31. The highest BCUT2D eigenvalue weighted by Crippen LogP contribution is 2.41.